The second-order valence-electron chi connectivity index (χ2n) is 4.92. The molecule has 1 aliphatic carbocycles. The van der Waals surface area contributed by atoms with Crippen molar-refractivity contribution in [1.29, 1.82) is 0 Å². The van der Waals surface area contributed by atoms with Crippen LogP contribution in [0.3, 0.4) is 0 Å². The topological polar surface area (TPSA) is 37.3 Å². The third-order valence-corrected chi connectivity index (χ3v) is 3.27. The minimum absolute atomic E-state index is 0.0743. The Balaban J connectivity index is 2.27. The smallest absolute Gasteiger partial charge is 0.166 e. The SMILES string of the molecule is CC(C)=CC[C@H]1C[C@@H](O)c2ccccc2C1=O. The lowest BCUT2D eigenvalue weighted by Gasteiger charge is -2.26. The maximum Gasteiger partial charge on any atom is 0.166 e. The Bertz CT molecular complexity index is 456. The summed E-state index contributed by atoms with van der Waals surface area (Å²) >= 11 is 0. The second-order valence-corrected chi connectivity index (χ2v) is 4.92. The Labute approximate surface area is 102 Å². The van der Waals surface area contributed by atoms with E-state index in [-0.39, 0.29) is 11.7 Å². The number of hydrogen-bond acceptors (Lipinski definition) is 2. The summed E-state index contributed by atoms with van der Waals surface area (Å²) in [5.74, 6) is 0.0956. The number of fused-ring (bicyclic) bond motifs is 1. The van der Waals surface area contributed by atoms with Gasteiger partial charge in [0.15, 0.2) is 5.78 Å². The zero-order valence-corrected chi connectivity index (χ0v) is 10.3. The maximum atomic E-state index is 12.2. The first-order valence-electron chi connectivity index (χ1n) is 6.04. The van der Waals surface area contributed by atoms with Gasteiger partial charge in [0.05, 0.1) is 6.10 Å². The Morgan fingerprint density at radius 1 is 1.41 bits per heavy atom. The molecule has 0 fully saturated rings. The average Bonchev–Trinajstić information content (AvgIpc) is 2.32. The quantitative estimate of drug-likeness (QED) is 0.792. The maximum absolute atomic E-state index is 12.2. The van der Waals surface area contributed by atoms with Crippen molar-refractivity contribution in [2.45, 2.75) is 32.8 Å². The number of rotatable bonds is 2. The van der Waals surface area contributed by atoms with E-state index >= 15 is 0 Å². The summed E-state index contributed by atoms with van der Waals surface area (Å²) in [6, 6.07) is 7.38. The molecule has 2 rings (SSSR count). The van der Waals surface area contributed by atoms with E-state index in [0.29, 0.717) is 12.0 Å². The van der Waals surface area contributed by atoms with Gasteiger partial charge in [-0.25, -0.2) is 0 Å². The number of carbonyl (C=O) groups is 1. The summed E-state index contributed by atoms with van der Waals surface area (Å²) in [7, 11) is 0. The largest absolute Gasteiger partial charge is 0.388 e. The molecule has 0 heterocycles. The van der Waals surface area contributed by atoms with Crippen molar-refractivity contribution >= 4 is 5.78 Å². The first-order valence-corrected chi connectivity index (χ1v) is 6.04. The lowest BCUT2D eigenvalue weighted by atomic mass is 9.79. The second kappa shape index (κ2) is 4.84. The average molecular weight is 230 g/mol. The number of benzene rings is 1. The molecule has 0 spiro atoms. The van der Waals surface area contributed by atoms with Crippen molar-refractivity contribution in [1.82, 2.24) is 0 Å². The van der Waals surface area contributed by atoms with E-state index in [0.717, 1.165) is 12.0 Å². The molecule has 0 aliphatic heterocycles. The van der Waals surface area contributed by atoms with Crippen molar-refractivity contribution < 1.29 is 9.90 Å². The molecule has 0 amide bonds. The lowest BCUT2D eigenvalue weighted by molar-refractivity contribution is 0.0777. The van der Waals surface area contributed by atoms with Crippen LogP contribution in [0.25, 0.3) is 0 Å². The summed E-state index contributed by atoms with van der Waals surface area (Å²) in [4.78, 5) is 12.2. The van der Waals surface area contributed by atoms with E-state index in [1.165, 1.54) is 5.57 Å². The van der Waals surface area contributed by atoms with Gasteiger partial charge in [-0.2, -0.15) is 0 Å². The fraction of sp³-hybridized carbons (Fsp3) is 0.400. The molecule has 1 aromatic rings. The number of aliphatic hydroxyl groups is 1. The molecule has 2 nitrogen and oxygen atoms in total. The molecule has 0 saturated carbocycles. The predicted molar refractivity (Wildman–Crippen MR) is 67.9 cm³/mol. The molecule has 0 aromatic heterocycles. The summed E-state index contributed by atoms with van der Waals surface area (Å²) in [5, 5.41) is 10.0. The normalized spacial score (nSPS) is 23.1. The molecule has 0 radical (unpaired) electrons. The van der Waals surface area contributed by atoms with Gasteiger partial charge in [0.2, 0.25) is 0 Å². The van der Waals surface area contributed by atoms with Gasteiger partial charge in [0.25, 0.3) is 0 Å². The van der Waals surface area contributed by atoms with Crippen LogP contribution in [0.4, 0.5) is 0 Å². The Hall–Kier alpha value is -1.41. The number of hydrogen-bond donors (Lipinski definition) is 1. The van der Waals surface area contributed by atoms with Crippen LogP contribution in [0.5, 0.6) is 0 Å². The molecule has 0 unspecified atom stereocenters. The van der Waals surface area contributed by atoms with Gasteiger partial charge in [-0.1, -0.05) is 35.9 Å². The zero-order valence-electron chi connectivity index (χ0n) is 10.3. The molecule has 0 bridgehead atoms. The van der Waals surface area contributed by atoms with Crippen molar-refractivity contribution in [3.63, 3.8) is 0 Å². The molecule has 0 saturated heterocycles. The summed E-state index contributed by atoms with van der Waals surface area (Å²) < 4.78 is 0. The van der Waals surface area contributed by atoms with E-state index in [1.54, 1.807) is 0 Å². The molecular weight excluding hydrogens is 212 g/mol. The van der Waals surface area contributed by atoms with E-state index in [4.69, 9.17) is 0 Å². The summed E-state index contributed by atoms with van der Waals surface area (Å²) in [6.45, 7) is 4.05. The van der Waals surface area contributed by atoms with E-state index < -0.39 is 6.10 Å². The Morgan fingerprint density at radius 2 is 2.12 bits per heavy atom. The highest BCUT2D eigenvalue weighted by Crippen LogP contribution is 2.34. The van der Waals surface area contributed by atoms with Crippen molar-refractivity contribution in [3.05, 3.63) is 47.0 Å². The lowest BCUT2D eigenvalue weighted by Crippen LogP contribution is -2.25. The molecule has 1 aromatic carbocycles. The molecule has 17 heavy (non-hydrogen) atoms. The van der Waals surface area contributed by atoms with Crippen LogP contribution < -0.4 is 0 Å². The molecular formula is C15H18O2. The van der Waals surface area contributed by atoms with Gasteiger partial charge in [-0.3, -0.25) is 4.79 Å². The Kier molecular flexibility index (Phi) is 3.43. The van der Waals surface area contributed by atoms with Crippen LogP contribution in [0.2, 0.25) is 0 Å². The van der Waals surface area contributed by atoms with E-state index in [9.17, 15) is 9.90 Å². The van der Waals surface area contributed by atoms with E-state index in [2.05, 4.69) is 6.08 Å². The number of Topliss-reactive ketones (excluding diaryl/α,β-unsaturated/α-hetero) is 1. The highest BCUT2D eigenvalue weighted by molar-refractivity contribution is 6.00. The highest BCUT2D eigenvalue weighted by Gasteiger charge is 2.31. The van der Waals surface area contributed by atoms with E-state index in [1.807, 2.05) is 38.1 Å². The van der Waals surface area contributed by atoms with Crippen LogP contribution in [-0.4, -0.2) is 10.9 Å². The van der Waals surface area contributed by atoms with Crippen LogP contribution >= 0.6 is 0 Å². The van der Waals surface area contributed by atoms with Crippen molar-refractivity contribution in [2.24, 2.45) is 5.92 Å². The standard InChI is InChI=1S/C15H18O2/c1-10(2)7-8-11-9-14(16)12-5-3-4-6-13(12)15(11)17/h3-7,11,14,16H,8-9H2,1-2H3/t11-,14+/m0/s1. The highest BCUT2D eigenvalue weighted by atomic mass is 16.3. The first-order chi connectivity index (χ1) is 8.09. The van der Waals surface area contributed by atoms with Gasteiger partial charge in [-0.15, -0.1) is 0 Å². The predicted octanol–water partition coefficient (Wildman–Crippen LogP) is 3.28. The van der Waals surface area contributed by atoms with Gasteiger partial charge in [0, 0.05) is 11.5 Å². The molecule has 1 N–H and O–H groups in total. The number of carbonyl (C=O) groups excluding carboxylic acids is 1. The number of ketones is 1. The molecule has 90 valence electrons. The van der Waals surface area contributed by atoms with Crippen LogP contribution in [0.15, 0.2) is 35.9 Å². The van der Waals surface area contributed by atoms with Gasteiger partial charge in [0.1, 0.15) is 0 Å². The minimum Gasteiger partial charge on any atom is -0.388 e. The monoisotopic (exact) mass is 230 g/mol. The van der Waals surface area contributed by atoms with Crippen molar-refractivity contribution in [2.75, 3.05) is 0 Å². The molecule has 2 heteroatoms. The van der Waals surface area contributed by atoms with Crippen LogP contribution in [0.1, 0.15) is 48.7 Å². The number of allylic oxidation sites excluding steroid dienone is 2. The molecule has 2 atom stereocenters. The fourth-order valence-corrected chi connectivity index (χ4v) is 2.32. The molecule has 1 aliphatic rings. The third kappa shape index (κ3) is 2.47. The van der Waals surface area contributed by atoms with Crippen LogP contribution in [-0.2, 0) is 0 Å². The first kappa shape index (κ1) is 12.1. The fourth-order valence-electron chi connectivity index (χ4n) is 2.32. The van der Waals surface area contributed by atoms with Crippen molar-refractivity contribution in [3.8, 4) is 0 Å². The number of aliphatic hydroxyl groups excluding tert-OH is 1. The Morgan fingerprint density at radius 3 is 2.82 bits per heavy atom. The third-order valence-electron chi connectivity index (χ3n) is 3.27. The summed E-state index contributed by atoms with van der Waals surface area (Å²) in [6.07, 6.45) is 2.84. The van der Waals surface area contributed by atoms with Gasteiger partial charge >= 0.3 is 0 Å². The minimum atomic E-state index is -0.500. The zero-order chi connectivity index (χ0) is 12.4. The van der Waals surface area contributed by atoms with Gasteiger partial charge < -0.3 is 5.11 Å². The van der Waals surface area contributed by atoms with Gasteiger partial charge in [-0.05, 0) is 32.3 Å². The van der Waals surface area contributed by atoms with Crippen LogP contribution in [0, 0.1) is 5.92 Å². The summed E-state index contributed by atoms with van der Waals surface area (Å²) in [5.41, 5.74) is 2.69.